The molecular weight excluding hydrogens is 378 g/mol. The Kier molecular flexibility index (Phi) is 6.33. The Balaban J connectivity index is 1.79. The number of rotatable bonds is 8. The molecule has 0 unspecified atom stereocenters. The zero-order valence-electron chi connectivity index (χ0n) is 15.3. The summed E-state index contributed by atoms with van der Waals surface area (Å²) >= 11 is 0.911. The average molecular weight is 396 g/mol. The van der Waals surface area contributed by atoms with Gasteiger partial charge in [-0.3, -0.25) is 5.10 Å². The third kappa shape index (κ3) is 5.14. The molecule has 8 heteroatoms. The molecule has 0 saturated carbocycles. The number of carbonyl (C=O) groups is 1. The normalized spacial score (nSPS) is 11.3. The molecule has 0 amide bonds. The fourth-order valence-electron chi connectivity index (χ4n) is 2.38. The minimum atomic E-state index is -1.31. The number of benzene rings is 2. The van der Waals surface area contributed by atoms with Crippen LogP contribution >= 0.6 is 11.8 Å². The van der Waals surface area contributed by atoms with E-state index in [1.54, 1.807) is 25.1 Å². The summed E-state index contributed by atoms with van der Waals surface area (Å²) in [7, 11) is 1.53. The highest BCUT2D eigenvalue weighted by atomic mass is 32.2. The summed E-state index contributed by atoms with van der Waals surface area (Å²) in [4.78, 5) is 15.6. The first-order chi connectivity index (χ1) is 13.5. The molecule has 7 nitrogen and oxygen atoms in total. The van der Waals surface area contributed by atoms with Crippen molar-refractivity contribution in [2.75, 3.05) is 7.11 Å². The topological polar surface area (TPSA) is 100 Å². The molecule has 1 aromatic heterocycles. The second-order valence-corrected chi connectivity index (χ2v) is 6.80. The molecule has 0 fully saturated rings. The van der Waals surface area contributed by atoms with Crippen LogP contribution < -0.4 is 14.6 Å². The lowest BCUT2D eigenvalue weighted by Gasteiger charge is -2.12. The molecule has 2 aromatic carbocycles. The van der Waals surface area contributed by atoms with Crippen LogP contribution in [0.3, 0.4) is 0 Å². The van der Waals surface area contributed by atoms with E-state index in [1.807, 2.05) is 30.3 Å². The van der Waals surface area contributed by atoms with E-state index in [-0.39, 0.29) is 4.91 Å². The van der Waals surface area contributed by atoms with Crippen LogP contribution in [0.1, 0.15) is 17.0 Å². The van der Waals surface area contributed by atoms with Crippen LogP contribution in [-0.4, -0.2) is 28.3 Å². The second kappa shape index (κ2) is 9.09. The van der Waals surface area contributed by atoms with Gasteiger partial charge in [-0.05, 0) is 48.0 Å². The van der Waals surface area contributed by atoms with Gasteiger partial charge in [0.25, 0.3) is 0 Å². The number of H-pyrrole nitrogens is 1. The Morgan fingerprint density at radius 3 is 2.64 bits per heavy atom. The number of carbonyl (C=O) groups excluding carboxylic acids is 1. The van der Waals surface area contributed by atoms with Crippen LogP contribution in [-0.2, 0) is 11.4 Å². The number of nitrogens with one attached hydrogen (secondary N) is 1. The van der Waals surface area contributed by atoms with Crippen molar-refractivity contribution in [3.05, 3.63) is 70.4 Å². The summed E-state index contributed by atoms with van der Waals surface area (Å²) in [6.07, 6.45) is 1.48. The molecule has 1 N–H and O–H groups in total. The van der Waals surface area contributed by atoms with Crippen molar-refractivity contribution in [3.8, 4) is 11.5 Å². The molecule has 1 heterocycles. The van der Waals surface area contributed by atoms with Crippen molar-refractivity contribution >= 4 is 23.8 Å². The van der Waals surface area contributed by atoms with Gasteiger partial charge in [-0.1, -0.05) is 36.4 Å². The Labute approximate surface area is 166 Å². The van der Waals surface area contributed by atoms with Crippen LogP contribution in [0.15, 0.2) is 58.6 Å². The number of hydrogen-bond donors (Lipinski definition) is 1. The standard InChI is InChI=1S/C20H19N3O4S/c1-13-21-20(23-22-13)28-18(19(24)25)11-15-8-9-16(17(10-15)26-2)27-12-14-6-4-3-5-7-14/h3-11H,12H2,1-2H3,(H,24,25)(H,21,22,23)/p-1/b18-11-. The van der Waals surface area contributed by atoms with Gasteiger partial charge in [0, 0.05) is 4.91 Å². The summed E-state index contributed by atoms with van der Waals surface area (Å²) in [5, 5.41) is 18.4. The molecule has 144 valence electrons. The van der Waals surface area contributed by atoms with E-state index in [0.29, 0.717) is 34.7 Å². The van der Waals surface area contributed by atoms with Gasteiger partial charge in [0.15, 0.2) is 11.5 Å². The molecule has 0 aliphatic carbocycles. The number of methoxy groups -OCH3 is 1. The predicted molar refractivity (Wildman–Crippen MR) is 104 cm³/mol. The number of nitrogens with zero attached hydrogens (tertiary/aromatic N) is 2. The molecular formula is C20H18N3O4S-. The van der Waals surface area contributed by atoms with Gasteiger partial charge in [0.1, 0.15) is 12.4 Å². The highest BCUT2D eigenvalue weighted by Gasteiger charge is 2.10. The Morgan fingerprint density at radius 1 is 1.21 bits per heavy atom. The molecule has 0 radical (unpaired) electrons. The smallest absolute Gasteiger partial charge is 0.213 e. The first kappa shape index (κ1) is 19.5. The van der Waals surface area contributed by atoms with Crippen molar-refractivity contribution in [3.63, 3.8) is 0 Å². The molecule has 0 spiro atoms. The van der Waals surface area contributed by atoms with Gasteiger partial charge in [-0.25, -0.2) is 4.98 Å². The summed E-state index contributed by atoms with van der Waals surface area (Å²) in [5.74, 6) is 0.356. The highest BCUT2D eigenvalue weighted by Crippen LogP contribution is 2.31. The highest BCUT2D eigenvalue weighted by molar-refractivity contribution is 8.04. The minimum absolute atomic E-state index is 0.0148. The summed E-state index contributed by atoms with van der Waals surface area (Å²) in [6.45, 7) is 2.13. The van der Waals surface area contributed by atoms with Gasteiger partial charge in [0.2, 0.25) is 5.16 Å². The number of hydrogen-bond acceptors (Lipinski definition) is 7. The number of aryl methyl sites for hydroxylation is 1. The van der Waals surface area contributed by atoms with Crippen molar-refractivity contribution in [1.29, 1.82) is 0 Å². The van der Waals surface area contributed by atoms with Gasteiger partial charge in [-0.2, -0.15) is 0 Å². The van der Waals surface area contributed by atoms with E-state index in [4.69, 9.17) is 9.47 Å². The molecule has 0 saturated heterocycles. The Hall–Kier alpha value is -3.26. The van der Waals surface area contributed by atoms with Crippen molar-refractivity contribution in [1.82, 2.24) is 15.2 Å². The number of aromatic amines is 1. The minimum Gasteiger partial charge on any atom is -0.544 e. The molecule has 0 atom stereocenters. The third-order valence-corrected chi connectivity index (χ3v) is 4.57. The largest absolute Gasteiger partial charge is 0.544 e. The number of aromatic nitrogens is 3. The van der Waals surface area contributed by atoms with Crippen LogP contribution in [0.2, 0.25) is 0 Å². The van der Waals surface area contributed by atoms with Crippen LogP contribution in [0.5, 0.6) is 11.5 Å². The van der Waals surface area contributed by atoms with E-state index in [9.17, 15) is 9.90 Å². The van der Waals surface area contributed by atoms with E-state index < -0.39 is 5.97 Å². The van der Waals surface area contributed by atoms with Crippen molar-refractivity contribution < 1.29 is 19.4 Å². The third-order valence-electron chi connectivity index (χ3n) is 3.70. The lowest BCUT2D eigenvalue weighted by Crippen LogP contribution is -2.23. The van der Waals surface area contributed by atoms with Crippen LogP contribution in [0, 0.1) is 6.92 Å². The molecule has 28 heavy (non-hydrogen) atoms. The summed E-state index contributed by atoms with van der Waals surface area (Å²) in [6, 6.07) is 15.0. The Bertz CT molecular complexity index is 986. The fourth-order valence-corrected chi connectivity index (χ4v) is 3.13. The van der Waals surface area contributed by atoms with Gasteiger partial charge >= 0.3 is 0 Å². The van der Waals surface area contributed by atoms with E-state index in [1.165, 1.54) is 13.2 Å². The predicted octanol–water partition coefficient (Wildman–Crippen LogP) is 2.58. The summed E-state index contributed by atoms with van der Waals surface area (Å²) in [5.41, 5.74) is 1.66. The number of ether oxygens (including phenoxy) is 2. The lowest BCUT2D eigenvalue weighted by atomic mass is 10.2. The number of carboxylic acids is 1. The SMILES string of the molecule is COc1cc(/C=C(\Sc2n[nH]c(C)n2)C(=O)[O-])ccc1OCc1ccccc1. The number of aliphatic carboxylic acids is 1. The van der Waals surface area contributed by atoms with Crippen molar-refractivity contribution in [2.24, 2.45) is 0 Å². The Morgan fingerprint density at radius 2 is 2.00 bits per heavy atom. The van der Waals surface area contributed by atoms with Crippen LogP contribution in [0.4, 0.5) is 0 Å². The monoisotopic (exact) mass is 396 g/mol. The molecule has 0 aliphatic rings. The molecule has 0 aliphatic heterocycles. The van der Waals surface area contributed by atoms with Gasteiger partial charge in [0.05, 0.1) is 13.1 Å². The maximum Gasteiger partial charge on any atom is 0.213 e. The van der Waals surface area contributed by atoms with E-state index in [0.717, 1.165) is 17.3 Å². The zero-order chi connectivity index (χ0) is 19.9. The second-order valence-electron chi connectivity index (χ2n) is 5.79. The maximum atomic E-state index is 11.5. The fraction of sp³-hybridized carbons (Fsp3) is 0.150. The van der Waals surface area contributed by atoms with Gasteiger partial charge < -0.3 is 19.4 Å². The quantitative estimate of drug-likeness (QED) is 0.461. The average Bonchev–Trinajstić information content (AvgIpc) is 3.11. The van der Waals surface area contributed by atoms with Gasteiger partial charge in [-0.15, -0.1) is 5.10 Å². The van der Waals surface area contributed by atoms with Crippen LogP contribution in [0.25, 0.3) is 6.08 Å². The first-order valence-corrected chi connectivity index (χ1v) is 9.21. The lowest BCUT2D eigenvalue weighted by molar-refractivity contribution is -0.297. The number of thioether (sulfide) groups is 1. The summed E-state index contributed by atoms with van der Waals surface area (Å²) < 4.78 is 11.2. The molecule has 0 bridgehead atoms. The maximum absolute atomic E-state index is 11.5. The number of carboxylic acid groups (broad SMARTS) is 1. The molecule has 3 aromatic rings. The first-order valence-electron chi connectivity index (χ1n) is 8.40. The zero-order valence-corrected chi connectivity index (χ0v) is 16.2. The molecule has 3 rings (SSSR count). The van der Waals surface area contributed by atoms with Crippen molar-refractivity contribution in [2.45, 2.75) is 18.7 Å². The van der Waals surface area contributed by atoms with E-state index in [2.05, 4.69) is 15.2 Å². The van der Waals surface area contributed by atoms with E-state index >= 15 is 0 Å².